The van der Waals surface area contributed by atoms with E-state index < -0.39 is 12.0 Å². The molecule has 0 saturated heterocycles. The number of esters is 1. The van der Waals surface area contributed by atoms with Crippen molar-refractivity contribution in [2.24, 2.45) is 0 Å². The number of hydrogen-bond donors (Lipinski definition) is 0. The molecule has 0 heterocycles. The van der Waals surface area contributed by atoms with E-state index in [1.165, 1.54) is 4.90 Å². The second-order valence-electron chi connectivity index (χ2n) is 4.94. The van der Waals surface area contributed by atoms with Gasteiger partial charge in [0.15, 0.2) is 6.61 Å². The molecule has 0 aromatic heterocycles. The summed E-state index contributed by atoms with van der Waals surface area (Å²) in [5.41, 5.74) is 0.844. The third-order valence-corrected chi connectivity index (χ3v) is 3.57. The van der Waals surface area contributed by atoms with Gasteiger partial charge in [-0.25, -0.2) is 4.79 Å². The number of rotatable bonds is 8. The number of allylic oxidation sites excluding steroid dienone is 1. The number of ether oxygens (including phenoxy) is 1. The highest BCUT2D eigenvalue weighted by molar-refractivity contribution is 6.30. The molecule has 1 aromatic rings. The van der Waals surface area contributed by atoms with Gasteiger partial charge in [0.2, 0.25) is 5.91 Å². The summed E-state index contributed by atoms with van der Waals surface area (Å²) in [6, 6.07) is 7.97. The summed E-state index contributed by atoms with van der Waals surface area (Å²) in [5, 5.41) is 9.14. The largest absolute Gasteiger partial charge is 0.449 e. The van der Waals surface area contributed by atoms with Crippen LogP contribution in [0.2, 0.25) is 5.02 Å². The van der Waals surface area contributed by atoms with E-state index in [1.54, 1.807) is 43.5 Å². The maximum absolute atomic E-state index is 12.2. The van der Waals surface area contributed by atoms with Crippen molar-refractivity contribution in [3.63, 3.8) is 0 Å². The molecule has 1 aromatic carbocycles. The van der Waals surface area contributed by atoms with Gasteiger partial charge in [-0.1, -0.05) is 29.8 Å². The fourth-order valence-electron chi connectivity index (χ4n) is 2.00. The van der Waals surface area contributed by atoms with E-state index in [2.05, 4.69) is 6.58 Å². The Hall–Kier alpha value is -2.32. The van der Waals surface area contributed by atoms with Crippen LogP contribution in [0.3, 0.4) is 0 Å². The van der Waals surface area contributed by atoms with Crippen LogP contribution >= 0.6 is 11.6 Å². The fraction of sp³-hybridized carbons (Fsp3) is 0.353. The lowest BCUT2D eigenvalue weighted by Crippen LogP contribution is -2.44. The van der Waals surface area contributed by atoms with Gasteiger partial charge in [-0.05, 0) is 24.1 Å². The van der Waals surface area contributed by atoms with Gasteiger partial charge in [0, 0.05) is 24.9 Å². The molecule has 0 N–H and O–H groups in total. The van der Waals surface area contributed by atoms with Gasteiger partial charge in [0.25, 0.3) is 0 Å². The predicted molar refractivity (Wildman–Crippen MR) is 87.7 cm³/mol. The molecule has 0 fully saturated rings. The van der Waals surface area contributed by atoms with Gasteiger partial charge in [0.1, 0.15) is 12.1 Å². The lowest BCUT2D eigenvalue weighted by atomic mass is 10.0. The molecule has 1 amide bonds. The van der Waals surface area contributed by atoms with Gasteiger partial charge < -0.3 is 9.64 Å². The zero-order valence-corrected chi connectivity index (χ0v) is 13.8. The molecule has 0 radical (unpaired) electrons. The van der Waals surface area contributed by atoms with Crippen LogP contribution in [0.1, 0.15) is 18.4 Å². The first kappa shape index (κ1) is 18.7. The Bertz CT molecular complexity index is 593. The first-order valence-electron chi connectivity index (χ1n) is 7.14. The quantitative estimate of drug-likeness (QED) is 0.541. The van der Waals surface area contributed by atoms with E-state index in [-0.39, 0.29) is 25.4 Å². The number of hydrogen-bond acceptors (Lipinski definition) is 4. The van der Waals surface area contributed by atoms with Crippen molar-refractivity contribution in [3.8, 4) is 6.07 Å². The van der Waals surface area contributed by atoms with E-state index in [9.17, 15) is 9.59 Å². The molecule has 122 valence electrons. The fourth-order valence-corrected chi connectivity index (χ4v) is 2.12. The number of nitrogens with zero attached hydrogens (tertiary/aromatic N) is 2. The van der Waals surface area contributed by atoms with Crippen LogP contribution in [0.15, 0.2) is 36.9 Å². The molecule has 0 spiro atoms. The topological polar surface area (TPSA) is 70.4 Å². The summed E-state index contributed by atoms with van der Waals surface area (Å²) < 4.78 is 4.88. The first-order valence-corrected chi connectivity index (χ1v) is 7.52. The minimum atomic E-state index is -0.790. The number of amides is 1. The molecule has 0 aliphatic rings. The molecule has 0 unspecified atom stereocenters. The van der Waals surface area contributed by atoms with E-state index in [4.69, 9.17) is 21.6 Å². The third-order valence-electron chi connectivity index (χ3n) is 3.32. The minimum absolute atomic E-state index is 0.183. The number of halogens is 1. The number of benzene rings is 1. The van der Waals surface area contributed by atoms with E-state index in [0.717, 1.165) is 5.56 Å². The van der Waals surface area contributed by atoms with Crippen molar-refractivity contribution in [2.75, 3.05) is 13.7 Å². The maximum atomic E-state index is 12.2. The zero-order chi connectivity index (χ0) is 17.2. The molecule has 1 rings (SSSR count). The summed E-state index contributed by atoms with van der Waals surface area (Å²) in [4.78, 5) is 25.7. The smallest absolute Gasteiger partial charge is 0.330 e. The summed E-state index contributed by atoms with van der Waals surface area (Å²) >= 11 is 5.85. The summed E-state index contributed by atoms with van der Waals surface area (Å²) in [5.74, 6) is -0.784. The highest BCUT2D eigenvalue weighted by atomic mass is 35.5. The number of likely N-dealkylation sites (N-methyl/N-ethyl adjacent to an activating group) is 1. The average molecular weight is 335 g/mol. The Balaban J connectivity index is 2.89. The molecule has 0 saturated carbocycles. The molecule has 1 atom stereocenters. The molecule has 0 bridgehead atoms. The molecule has 6 heteroatoms. The lowest BCUT2D eigenvalue weighted by Gasteiger charge is -2.26. The number of carbonyl (C=O) groups excluding carboxylic acids is 2. The third kappa shape index (κ3) is 6.13. The Morgan fingerprint density at radius 1 is 1.43 bits per heavy atom. The molecule has 0 aliphatic carbocycles. The second-order valence-corrected chi connectivity index (χ2v) is 5.38. The van der Waals surface area contributed by atoms with E-state index in [1.807, 2.05) is 0 Å². The summed E-state index contributed by atoms with van der Waals surface area (Å²) in [6.07, 6.45) is 2.73. The molecular weight excluding hydrogens is 316 g/mol. The predicted octanol–water partition coefficient (Wildman–Crippen LogP) is 2.74. The van der Waals surface area contributed by atoms with Crippen molar-refractivity contribution < 1.29 is 14.3 Å². The van der Waals surface area contributed by atoms with Crippen LogP contribution in [0.5, 0.6) is 0 Å². The van der Waals surface area contributed by atoms with Gasteiger partial charge in [-0.2, -0.15) is 5.26 Å². The first-order chi connectivity index (χ1) is 11.0. The lowest BCUT2D eigenvalue weighted by molar-refractivity contribution is -0.153. The standard InChI is InChI=1S/C17H19ClN2O3/c1-3-4-5-16(21)20(2)15(17(22)23-11-10-19)12-13-6-8-14(18)9-7-13/h3,6-9,15H,1,4-5,11-12H2,2H3/t15-/m0/s1. The van der Waals surface area contributed by atoms with E-state index in [0.29, 0.717) is 11.4 Å². The molecule has 0 aliphatic heterocycles. The SMILES string of the molecule is C=CCCC(=O)N(C)[C@@H](Cc1ccc(Cl)cc1)C(=O)OCC#N. The highest BCUT2D eigenvalue weighted by Crippen LogP contribution is 2.15. The van der Waals surface area contributed by atoms with Crippen molar-refractivity contribution in [1.82, 2.24) is 4.90 Å². The van der Waals surface area contributed by atoms with Crippen LogP contribution in [0.4, 0.5) is 0 Å². The minimum Gasteiger partial charge on any atom is -0.449 e. The van der Waals surface area contributed by atoms with E-state index >= 15 is 0 Å². The van der Waals surface area contributed by atoms with Crippen LogP contribution < -0.4 is 0 Å². The van der Waals surface area contributed by atoms with Crippen LogP contribution in [0, 0.1) is 11.3 Å². The molecule has 23 heavy (non-hydrogen) atoms. The van der Waals surface area contributed by atoms with Gasteiger partial charge in [-0.15, -0.1) is 6.58 Å². The van der Waals surface area contributed by atoms with Crippen molar-refractivity contribution in [2.45, 2.75) is 25.3 Å². The Morgan fingerprint density at radius 2 is 2.09 bits per heavy atom. The van der Waals surface area contributed by atoms with Crippen LogP contribution in [-0.4, -0.2) is 36.5 Å². The monoisotopic (exact) mass is 334 g/mol. The molecule has 5 nitrogen and oxygen atoms in total. The number of nitriles is 1. The summed E-state index contributed by atoms with van der Waals surface area (Å²) in [6.45, 7) is 3.23. The Kier molecular flexibility index (Phi) is 7.86. The van der Waals surface area contributed by atoms with Crippen molar-refractivity contribution in [1.29, 1.82) is 5.26 Å². The highest BCUT2D eigenvalue weighted by Gasteiger charge is 2.28. The van der Waals surface area contributed by atoms with Gasteiger partial charge in [-0.3, -0.25) is 4.79 Å². The summed E-state index contributed by atoms with van der Waals surface area (Å²) in [7, 11) is 1.56. The van der Waals surface area contributed by atoms with Crippen molar-refractivity contribution >= 4 is 23.5 Å². The van der Waals surface area contributed by atoms with Crippen LogP contribution in [-0.2, 0) is 20.7 Å². The second kappa shape index (κ2) is 9.65. The normalized spacial score (nSPS) is 11.2. The number of carbonyl (C=O) groups is 2. The average Bonchev–Trinajstić information content (AvgIpc) is 2.56. The van der Waals surface area contributed by atoms with Crippen LogP contribution in [0.25, 0.3) is 0 Å². The van der Waals surface area contributed by atoms with Crippen molar-refractivity contribution in [3.05, 3.63) is 47.5 Å². The maximum Gasteiger partial charge on any atom is 0.330 e. The Labute approximate surface area is 141 Å². The Morgan fingerprint density at radius 3 is 2.65 bits per heavy atom. The zero-order valence-electron chi connectivity index (χ0n) is 13.0. The molecular formula is C17H19ClN2O3. The van der Waals surface area contributed by atoms with Gasteiger partial charge >= 0.3 is 5.97 Å². The van der Waals surface area contributed by atoms with Gasteiger partial charge in [0.05, 0.1) is 0 Å².